The molecule has 0 unspecified atom stereocenters. The number of sulfonamides is 1. The SMILES string of the molecule is C=CCN1C(=O)[C@@H](CC(=O)Nc2ccc(F)cc2)SC1=NS(=O)(=O)c1ccc(Cl)s1. The molecule has 0 saturated carbocycles. The average Bonchev–Trinajstić information content (AvgIpc) is 3.23. The maximum atomic E-state index is 13.0. The first-order chi connectivity index (χ1) is 14.2. The molecule has 0 spiro atoms. The van der Waals surface area contributed by atoms with Gasteiger partial charge >= 0.3 is 0 Å². The summed E-state index contributed by atoms with van der Waals surface area (Å²) < 4.78 is 42.1. The van der Waals surface area contributed by atoms with E-state index in [2.05, 4.69) is 16.3 Å². The zero-order valence-electron chi connectivity index (χ0n) is 15.2. The second kappa shape index (κ2) is 9.29. The summed E-state index contributed by atoms with van der Waals surface area (Å²) in [5.74, 6) is -1.36. The zero-order valence-corrected chi connectivity index (χ0v) is 18.5. The van der Waals surface area contributed by atoms with E-state index in [4.69, 9.17) is 11.6 Å². The van der Waals surface area contributed by atoms with Crippen LogP contribution in [0.3, 0.4) is 0 Å². The molecule has 2 aromatic rings. The van der Waals surface area contributed by atoms with Crippen LogP contribution in [0.1, 0.15) is 6.42 Å². The summed E-state index contributed by atoms with van der Waals surface area (Å²) in [7, 11) is -4.07. The number of nitrogens with zero attached hydrogens (tertiary/aromatic N) is 2. The highest BCUT2D eigenvalue weighted by molar-refractivity contribution is 8.16. The summed E-state index contributed by atoms with van der Waals surface area (Å²) in [5, 5.41) is 1.68. The minimum absolute atomic E-state index is 0.0380. The van der Waals surface area contributed by atoms with Gasteiger partial charge in [0.25, 0.3) is 10.0 Å². The first-order valence-electron chi connectivity index (χ1n) is 8.44. The van der Waals surface area contributed by atoms with Crippen molar-refractivity contribution in [1.82, 2.24) is 4.90 Å². The van der Waals surface area contributed by atoms with Gasteiger partial charge in [0.15, 0.2) is 5.17 Å². The van der Waals surface area contributed by atoms with E-state index in [0.29, 0.717) is 10.0 Å². The van der Waals surface area contributed by atoms with Gasteiger partial charge in [-0.05, 0) is 36.4 Å². The topological polar surface area (TPSA) is 95.9 Å². The molecule has 1 aliphatic rings. The minimum Gasteiger partial charge on any atom is -0.326 e. The smallest absolute Gasteiger partial charge is 0.294 e. The molecular formula is C18H15ClFN3O4S3. The predicted molar refractivity (Wildman–Crippen MR) is 117 cm³/mol. The van der Waals surface area contributed by atoms with E-state index in [0.717, 1.165) is 23.1 Å². The van der Waals surface area contributed by atoms with Crippen LogP contribution in [-0.2, 0) is 19.6 Å². The molecule has 1 fully saturated rings. The normalized spacial score (nSPS) is 18.1. The molecule has 2 heterocycles. The summed E-state index contributed by atoms with van der Waals surface area (Å²) in [6.07, 6.45) is 1.22. The first-order valence-corrected chi connectivity index (χ1v) is 12.0. The van der Waals surface area contributed by atoms with Gasteiger partial charge in [-0.3, -0.25) is 14.5 Å². The van der Waals surface area contributed by atoms with Crippen molar-refractivity contribution >= 4 is 67.4 Å². The Kier molecular flexibility index (Phi) is 6.96. The molecule has 0 bridgehead atoms. The Morgan fingerprint density at radius 3 is 2.60 bits per heavy atom. The maximum Gasteiger partial charge on any atom is 0.294 e. The van der Waals surface area contributed by atoms with E-state index in [9.17, 15) is 22.4 Å². The molecule has 158 valence electrons. The fraction of sp³-hybridized carbons (Fsp3) is 0.167. The van der Waals surface area contributed by atoms with Gasteiger partial charge in [-0.2, -0.15) is 8.42 Å². The molecule has 1 N–H and O–H groups in total. The van der Waals surface area contributed by atoms with Crippen molar-refractivity contribution in [2.45, 2.75) is 15.9 Å². The molecule has 3 rings (SSSR count). The summed E-state index contributed by atoms with van der Waals surface area (Å²) in [5.41, 5.74) is 0.380. The van der Waals surface area contributed by atoms with Gasteiger partial charge in [0.2, 0.25) is 11.8 Å². The standard InChI is InChI=1S/C18H15ClFN3O4S3/c1-2-9-23-17(25)13(10-15(24)21-12-5-3-11(20)4-6-12)28-18(23)22-30(26,27)16-8-7-14(19)29-16/h2-8,13H,1,9-10H2,(H,21,24)/t13-/m1/s1. The van der Waals surface area contributed by atoms with E-state index >= 15 is 0 Å². The number of nitrogens with one attached hydrogen (secondary N) is 1. The van der Waals surface area contributed by atoms with Crippen molar-refractivity contribution in [3.8, 4) is 0 Å². The van der Waals surface area contributed by atoms with Gasteiger partial charge in [-0.1, -0.05) is 29.4 Å². The number of thioether (sulfide) groups is 1. The van der Waals surface area contributed by atoms with Crippen LogP contribution in [0, 0.1) is 5.82 Å². The molecule has 1 aromatic carbocycles. The van der Waals surface area contributed by atoms with Gasteiger partial charge in [0.05, 0.1) is 4.34 Å². The van der Waals surface area contributed by atoms with Crippen molar-refractivity contribution in [3.05, 3.63) is 59.2 Å². The zero-order chi connectivity index (χ0) is 21.9. The van der Waals surface area contributed by atoms with Crippen molar-refractivity contribution in [3.63, 3.8) is 0 Å². The third-order valence-electron chi connectivity index (χ3n) is 3.83. The Morgan fingerprint density at radius 1 is 1.30 bits per heavy atom. The Hall–Kier alpha value is -2.21. The van der Waals surface area contributed by atoms with Crippen molar-refractivity contribution in [2.24, 2.45) is 4.40 Å². The summed E-state index contributed by atoms with van der Waals surface area (Å²) in [6, 6.07) is 7.96. The summed E-state index contributed by atoms with van der Waals surface area (Å²) in [6.45, 7) is 3.61. The fourth-order valence-electron chi connectivity index (χ4n) is 2.50. The van der Waals surface area contributed by atoms with Gasteiger partial charge in [-0.25, -0.2) is 4.39 Å². The molecule has 1 atom stereocenters. The number of thiophene rings is 1. The van der Waals surface area contributed by atoms with Crippen LogP contribution in [0.4, 0.5) is 10.1 Å². The molecule has 0 aliphatic carbocycles. The molecular weight excluding hydrogens is 473 g/mol. The van der Waals surface area contributed by atoms with Crippen molar-refractivity contribution in [1.29, 1.82) is 0 Å². The van der Waals surface area contributed by atoms with Crippen molar-refractivity contribution in [2.75, 3.05) is 11.9 Å². The maximum absolute atomic E-state index is 13.0. The quantitative estimate of drug-likeness (QED) is 0.600. The largest absolute Gasteiger partial charge is 0.326 e. The van der Waals surface area contributed by atoms with Gasteiger partial charge in [-0.15, -0.1) is 22.3 Å². The van der Waals surface area contributed by atoms with E-state index in [1.165, 1.54) is 47.4 Å². The predicted octanol–water partition coefficient (Wildman–Crippen LogP) is 3.74. The number of hydrogen-bond donors (Lipinski definition) is 1. The highest BCUT2D eigenvalue weighted by atomic mass is 35.5. The van der Waals surface area contributed by atoms with Crippen LogP contribution in [0.15, 0.2) is 57.7 Å². The van der Waals surface area contributed by atoms with Crippen LogP contribution in [0.2, 0.25) is 4.34 Å². The lowest BCUT2D eigenvalue weighted by molar-refractivity contribution is -0.127. The van der Waals surface area contributed by atoms with E-state index < -0.39 is 32.9 Å². The lowest BCUT2D eigenvalue weighted by Crippen LogP contribution is -2.33. The Bertz CT molecular complexity index is 1120. The number of hydrogen-bond acceptors (Lipinski definition) is 6. The van der Waals surface area contributed by atoms with E-state index in [-0.39, 0.29) is 22.3 Å². The molecule has 12 heteroatoms. The number of carbonyl (C=O) groups excluding carboxylic acids is 2. The summed E-state index contributed by atoms with van der Waals surface area (Å²) >= 11 is 7.54. The second-order valence-corrected chi connectivity index (χ2v) is 10.7. The van der Waals surface area contributed by atoms with E-state index in [1.807, 2.05) is 0 Å². The highest BCUT2D eigenvalue weighted by Crippen LogP contribution is 2.33. The van der Waals surface area contributed by atoms with E-state index in [1.54, 1.807) is 0 Å². The number of benzene rings is 1. The first kappa shape index (κ1) is 22.5. The van der Waals surface area contributed by atoms with Gasteiger partial charge in [0.1, 0.15) is 15.3 Å². The number of carbonyl (C=O) groups is 2. The lowest BCUT2D eigenvalue weighted by atomic mass is 10.2. The molecule has 1 saturated heterocycles. The monoisotopic (exact) mass is 487 g/mol. The molecule has 30 heavy (non-hydrogen) atoms. The van der Waals surface area contributed by atoms with Crippen LogP contribution in [0.5, 0.6) is 0 Å². The molecule has 2 amide bonds. The number of amides is 2. The van der Waals surface area contributed by atoms with Gasteiger partial charge in [0, 0.05) is 18.7 Å². The second-order valence-electron chi connectivity index (χ2n) is 6.01. The molecule has 7 nitrogen and oxygen atoms in total. The number of halogens is 2. The average molecular weight is 488 g/mol. The molecule has 1 aliphatic heterocycles. The fourth-order valence-corrected chi connectivity index (χ4v) is 6.33. The van der Waals surface area contributed by atoms with Gasteiger partial charge < -0.3 is 5.32 Å². The third-order valence-corrected chi connectivity index (χ3v) is 8.09. The van der Waals surface area contributed by atoms with Crippen LogP contribution >= 0.6 is 34.7 Å². The Balaban J connectivity index is 1.77. The van der Waals surface area contributed by atoms with Crippen LogP contribution in [0.25, 0.3) is 0 Å². The molecule has 1 aromatic heterocycles. The Labute approximate surface area is 185 Å². The van der Waals surface area contributed by atoms with Crippen LogP contribution < -0.4 is 5.32 Å². The molecule has 0 radical (unpaired) electrons. The lowest BCUT2D eigenvalue weighted by Gasteiger charge is -2.13. The van der Waals surface area contributed by atoms with Crippen molar-refractivity contribution < 1.29 is 22.4 Å². The highest BCUT2D eigenvalue weighted by Gasteiger charge is 2.39. The number of anilines is 1. The minimum atomic E-state index is -4.07. The van der Waals surface area contributed by atoms with Crippen LogP contribution in [-0.4, -0.2) is 42.1 Å². The number of amidine groups is 1. The Morgan fingerprint density at radius 2 is 2.00 bits per heavy atom. The number of rotatable bonds is 7. The summed E-state index contributed by atoms with van der Waals surface area (Å²) in [4.78, 5) is 26.2. The third kappa shape index (κ3) is 5.28.